The topological polar surface area (TPSA) is 77.9 Å². The van der Waals surface area contributed by atoms with E-state index in [4.69, 9.17) is 0 Å². The van der Waals surface area contributed by atoms with Gasteiger partial charge in [-0.1, -0.05) is 102 Å². The molecule has 6 nitrogen and oxygen atoms in total. The molecule has 1 N–H and O–H groups in total. The van der Waals surface area contributed by atoms with Gasteiger partial charge in [0.1, 0.15) is 0 Å². The summed E-state index contributed by atoms with van der Waals surface area (Å²) in [4.78, 5) is 45.6. The molecule has 8 aromatic rings. The van der Waals surface area contributed by atoms with Crippen molar-refractivity contribution >= 4 is 116 Å². The van der Waals surface area contributed by atoms with Crippen LogP contribution in [0.3, 0.4) is 0 Å². The zero-order valence-electron chi connectivity index (χ0n) is 31.0. The fourth-order valence-corrected chi connectivity index (χ4v) is 10.3. The quantitative estimate of drug-likeness (QED) is 0.0467. The minimum atomic E-state index is -1.15. The summed E-state index contributed by atoms with van der Waals surface area (Å²) in [6, 6.07) is 24.5. The van der Waals surface area contributed by atoms with Crippen LogP contribution in [0.15, 0.2) is 145 Å². The molecule has 2 unspecified atom stereocenters. The summed E-state index contributed by atoms with van der Waals surface area (Å²) < 4.78 is -0.232. The number of hydrogen-bond acceptors (Lipinski definition) is 4. The Hall–Kier alpha value is -7.29. The number of aliphatic hydroxyl groups excluding tert-OH is 1. The van der Waals surface area contributed by atoms with Crippen molar-refractivity contribution in [3.05, 3.63) is 173 Å². The monoisotopic (exact) mass is 1110 g/mol. The van der Waals surface area contributed by atoms with Crippen LogP contribution in [0.4, 0.5) is 0 Å². The molecule has 0 fully saturated rings. The number of halogens is 1. The Labute approximate surface area is 339 Å². The molecule has 2 aliphatic heterocycles. The molecule has 2 atom stereocenters. The number of amides is 3. The number of alkyl halides is 1. The second-order valence-corrected chi connectivity index (χ2v) is 18.0. The van der Waals surface area contributed by atoms with Crippen molar-refractivity contribution in [3.8, 4) is 0 Å². The summed E-state index contributed by atoms with van der Waals surface area (Å²) in [6.45, 7) is 4.07. The van der Waals surface area contributed by atoms with E-state index < -0.39 is 6.23 Å². The molecule has 0 spiro atoms. The summed E-state index contributed by atoms with van der Waals surface area (Å²) in [5.74, 6) is 0.161. The van der Waals surface area contributed by atoms with E-state index in [-0.39, 0.29) is 21.1 Å². The number of carbonyl (C=O) groups is 3. The number of nitrogens with zero attached hydrogens (tertiary/aromatic N) is 2. The molecule has 12 rings (SSSR count). The van der Waals surface area contributed by atoms with Crippen molar-refractivity contribution in [1.29, 1.82) is 0 Å². The summed E-state index contributed by atoms with van der Waals surface area (Å²) in [5.41, 5.74) is 3.47. The van der Waals surface area contributed by atoms with Crippen LogP contribution in [0.5, 0.6) is 0 Å². The second-order valence-electron chi connectivity index (χ2n) is 15.7. The van der Waals surface area contributed by atoms with Crippen LogP contribution in [-0.2, 0) is 0 Å². The molecule has 58 heavy (non-hydrogen) atoms. The summed E-state index contributed by atoms with van der Waals surface area (Å²) in [7, 11) is 0. The Morgan fingerprint density at radius 2 is 1.03 bits per heavy atom. The first-order chi connectivity index (χ1) is 27.6. The van der Waals surface area contributed by atoms with Gasteiger partial charge in [0.15, 0.2) is 6.23 Å². The molecule has 4 aliphatic rings. The van der Waals surface area contributed by atoms with E-state index in [1.807, 2.05) is 104 Å². The van der Waals surface area contributed by atoms with Crippen molar-refractivity contribution in [3.63, 3.8) is 0 Å². The fourth-order valence-electron chi connectivity index (χ4n) is 9.89. The molecular formula is C50H30ILrN2O4-. The molecule has 1 radical (unpaired) electrons. The smallest absolute Gasteiger partial charge is 0.265 e. The van der Waals surface area contributed by atoms with E-state index in [0.717, 1.165) is 75.9 Å². The summed E-state index contributed by atoms with van der Waals surface area (Å²) in [5, 5.41) is 25.7. The Morgan fingerprint density at radius 3 is 1.60 bits per heavy atom. The van der Waals surface area contributed by atoms with Crippen LogP contribution in [-0.4, -0.2) is 36.0 Å². The maximum atomic E-state index is 14.3. The van der Waals surface area contributed by atoms with E-state index in [2.05, 4.69) is 65.9 Å². The van der Waals surface area contributed by atoms with Crippen LogP contribution >= 0.6 is 22.6 Å². The Kier molecular flexibility index (Phi) is 6.68. The van der Waals surface area contributed by atoms with Crippen molar-refractivity contribution in [2.75, 3.05) is 0 Å². The van der Waals surface area contributed by atoms with Crippen LogP contribution in [0.25, 0.3) is 75.4 Å². The van der Waals surface area contributed by atoms with Gasteiger partial charge in [-0.3, -0.25) is 19.3 Å². The molecule has 8 heteroatoms. The number of aliphatic hydroxyl groups is 1. The van der Waals surface area contributed by atoms with Gasteiger partial charge in [0.05, 0.1) is 9.12 Å². The molecule has 0 saturated heterocycles. The van der Waals surface area contributed by atoms with Crippen molar-refractivity contribution in [1.82, 2.24) is 9.80 Å². The minimum Gasteiger partial charge on any atom is -0.369 e. The Morgan fingerprint density at radius 1 is 0.569 bits per heavy atom. The molecule has 0 aromatic heterocycles. The minimum absolute atomic E-state index is 0. The summed E-state index contributed by atoms with van der Waals surface area (Å²) >= 11 is 2.34. The van der Waals surface area contributed by atoms with Crippen LogP contribution in [0.1, 0.15) is 56.7 Å². The van der Waals surface area contributed by atoms with Gasteiger partial charge in [0, 0.05) is 33.0 Å². The zero-order chi connectivity index (χ0) is 38.6. The Balaban J connectivity index is 0.00000385. The molecule has 8 aromatic carbocycles. The second kappa shape index (κ2) is 11.4. The molecule has 2 aliphatic carbocycles. The number of rotatable bonds is 2. The van der Waals surface area contributed by atoms with Crippen LogP contribution < -0.4 is 0 Å². The zero-order valence-corrected chi connectivity index (χ0v) is 35.3. The average Bonchev–Trinajstić information content (AvgIpc) is 3.54. The van der Waals surface area contributed by atoms with E-state index in [1.54, 1.807) is 0 Å². The first-order valence-electron chi connectivity index (χ1n) is 19.0. The molecule has 3 amide bonds. The number of fused-ring (bicyclic) bond motifs is 4. The Bertz CT molecular complexity index is 3320. The van der Waals surface area contributed by atoms with E-state index in [1.165, 1.54) is 9.80 Å². The van der Waals surface area contributed by atoms with Gasteiger partial charge >= 0.3 is 0 Å². The van der Waals surface area contributed by atoms with Crippen LogP contribution in [0.2, 0.25) is 0 Å². The SMILES string of the molecule is C[C-]1C=CC=C(N2C(=O)c3ccc4c5ccc6c7ccc8c9c(ccc(c%10ccc(c%11ccc(c3c4%11)C2O)c5c6%10)c97)C(=O)N(C2=CC=CC(C)(I)C=C2)C8=O)C=C1.[Lr]. The van der Waals surface area contributed by atoms with Gasteiger partial charge in [0.25, 0.3) is 17.7 Å². The molecule has 0 bridgehead atoms. The molecular weight excluding hydrogens is 1080 g/mol. The molecule has 287 valence electrons. The average molecular weight is 1110 g/mol. The van der Waals surface area contributed by atoms with Crippen molar-refractivity contribution in [2.24, 2.45) is 0 Å². The van der Waals surface area contributed by atoms with Crippen LogP contribution in [0, 0.1) is 5.92 Å². The number of hydrogen-bond donors (Lipinski definition) is 1. The van der Waals surface area contributed by atoms with E-state index >= 15 is 0 Å². The number of carbonyl (C=O) groups excluding carboxylic acids is 3. The predicted molar refractivity (Wildman–Crippen MR) is 237 cm³/mol. The van der Waals surface area contributed by atoms with E-state index in [0.29, 0.717) is 39.0 Å². The number of imide groups is 1. The van der Waals surface area contributed by atoms with Gasteiger partial charge in [-0.05, 0) is 108 Å². The van der Waals surface area contributed by atoms with Crippen molar-refractivity contribution in [2.45, 2.75) is 23.5 Å². The standard InChI is InChI=1S/C50H30IN2O4.Lr/c1-25-5-3-6-26(9-8-25)52-46(54)36-18-14-32-28-10-12-30-34-16-20-38-45-39(49(57)53(48(38)56)27-7-4-23-50(2,51)24-22-27)21-17-35(43(34)45)31-13-11-29(40(28)41(30)31)33-15-19-37(47(52)55)44(36)42(32)33;/h3-24,46,54H,1-2H3;/q-1;. The van der Waals surface area contributed by atoms with Gasteiger partial charge in [-0.25, -0.2) is 4.90 Å². The largest absolute Gasteiger partial charge is 0.369 e. The number of allylic oxidation sites excluding steroid dienone is 10. The van der Waals surface area contributed by atoms with E-state index in [9.17, 15) is 19.5 Å². The molecule has 0 saturated carbocycles. The number of benzene rings is 8. The normalized spacial score (nSPS) is 20.4. The summed E-state index contributed by atoms with van der Waals surface area (Å²) in [6.07, 6.45) is 18.1. The first kappa shape index (κ1) is 34.0. The first-order valence-corrected chi connectivity index (χ1v) is 20.1. The maximum absolute atomic E-state index is 14.3. The van der Waals surface area contributed by atoms with Gasteiger partial charge in [-0.2, -0.15) is 24.1 Å². The third-order valence-electron chi connectivity index (χ3n) is 12.5. The van der Waals surface area contributed by atoms with Gasteiger partial charge in [0.2, 0.25) is 0 Å². The third kappa shape index (κ3) is 4.19. The third-order valence-corrected chi connectivity index (χ3v) is 13.2. The maximum Gasteiger partial charge on any atom is 0.265 e. The van der Waals surface area contributed by atoms with Gasteiger partial charge < -0.3 is 5.11 Å². The fraction of sp³-hybridized carbons (Fsp3) is 0.0800. The van der Waals surface area contributed by atoms with Gasteiger partial charge in [-0.15, -0.1) is 12.2 Å². The van der Waals surface area contributed by atoms with Crippen molar-refractivity contribution < 1.29 is 19.5 Å². The predicted octanol–water partition coefficient (Wildman–Crippen LogP) is 11.5. The molecule has 2 heterocycles.